The van der Waals surface area contributed by atoms with Crippen molar-refractivity contribution in [3.8, 4) is 0 Å². The number of ether oxygens (including phenoxy) is 2. The lowest BCUT2D eigenvalue weighted by Gasteiger charge is -2.37. The zero-order valence-corrected chi connectivity index (χ0v) is 14.4. The van der Waals surface area contributed by atoms with Gasteiger partial charge in [0, 0.05) is 32.8 Å². The van der Waals surface area contributed by atoms with Gasteiger partial charge in [-0.1, -0.05) is 0 Å². The number of carbonyl (C=O) groups excluding carboxylic acids is 1. The van der Waals surface area contributed by atoms with E-state index in [1.807, 2.05) is 32.6 Å². The summed E-state index contributed by atoms with van der Waals surface area (Å²) in [5.41, 5.74) is -0.429. The highest BCUT2D eigenvalue weighted by Gasteiger charge is 2.30. The van der Waals surface area contributed by atoms with Crippen LogP contribution in [0.5, 0.6) is 0 Å². The summed E-state index contributed by atoms with van der Waals surface area (Å²) in [7, 11) is 1.72. The Kier molecular flexibility index (Phi) is 6.94. The SMILES string of the molecule is COC(C)CNC(C)C1CCCN(C(=O)OC(C)(C)C)C1. The molecule has 1 aliphatic heterocycles. The number of amides is 1. The molecule has 0 aromatic rings. The number of nitrogens with one attached hydrogen (secondary N) is 1. The van der Waals surface area contributed by atoms with Gasteiger partial charge in [0.15, 0.2) is 0 Å². The first kappa shape index (κ1) is 18.2. The smallest absolute Gasteiger partial charge is 0.410 e. The number of rotatable bonds is 5. The van der Waals surface area contributed by atoms with Crippen molar-refractivity contribution < 1.29 is 14.3 Å². The zero-order valence-electron chi connectivity index (χ0n) is 14.4. The van der Waals surface area contributed by atoms with Gasteiger partial charge in [0.1, 0.15) is 5.60 Å². The maximum atomic E-state index is 12.2. The second-order valence-corrected chi connectivity index (χ2v) is 7.07. The van der Waals surface area contributed by atoms with E-state index in [1.165, 1.54) is 0 Å². The van der Waals surface area contributed by atoms with E-state index in [-0.39, 0.29) is 12.2 Å². The quantitative estimate of drug-likeness (QED) is 0.848. The molecule has 1 fully saturated rings. The van der Waals surface area contributed by atoms with Crippen molar-refractivity contribution in [1.82, 2.24) is 10.2 Å². The molecule has 1 rings (SSSR count). The fourth-order valence-corrected chi connectivity index (χ4v) is 2.51. The van der Waals surface area contributed by atoms with Crippen LogP contribution in [0.3, 0.4) is 0 Å². The Morgan fingerprint density at radius 3 is 2.62 bits per heavy atom. The fourth-order valence-electron chi connectivity index (χ4n) is 2.51. The lowest BCUT2D eigenvalue weighted by atomic mass is 9.91. The number of piperidine rings is 1. The van der Waals surface area contributed by atoms with Gasteiger partial charge in [0.25, 0.3) is 0 Å². The summed E-state index contributed by atoms with van der Waals surface area (Å²) < 4.78 is 10.7. The van der Waals surface area contributed by atoms with Crippen molar-refractivity contribution in [3.05, 3.63) is 0 Å². The number of carbonyl (C=O) groups is 1. The van der Waals surface area contributed by atoms with Crippen LogP contribution in [0.4, 0.5) is 4.79 Å². The summed E-state index contributed by atoms with van der Waals surface area (Å²) in [6.45, 7) is 12.4. The zero-order chi connectivity index (χ0) is 16.0. The lowest BCUT2D eigenvalue weighted by Crippen LogP contribution is -2.48. The molecule has 0 aromatic carbocycles. The normalized spacial score (nSPS) is 22.8. The highest BCUT2D eigenvalue weighted by Crippen LogP contribution is 2.21. The third kappa shape index (κ3) is 6.66. The molecule has 3 atom stereocenters. The van der Waals surface area contributed by atoms with Crippen LogP contribution in [0.15, 0.2) is 0 Å². The molecule has 0 saturated carbocycles. The van der Waals surface area contributed by atoms with Crippen LogP contribution in [-0.2, 0) is 9.47 Å². The molecule has 1 N–H and O–H groups in total. The molecular weight excluding hydrogens is 268 g/mol. The predicted molar refractivity (Wildman–Crippen MR) is 84.5 cm³/mol. The third-order valence-electron chi connectivity index (χ3n) is 3.95. The van der Waals surface area contributed by atoms with Gasteiger partial charge in [0.05, 0.1) is 6.10 Å². The Labute approximate surface area is 129 Å². The molecule has 0 radical (unpaired) electrons. The number of nitrogens with zero attached hydrogens (tertiary/aromatic N) is 1. The summed E-state index contributed by atoms with van der Waals surface area (Å²) in [5, 5.41) is 3.51. The molecule has 1 aliphatic rings. The Bertz CT molecular complexity index is 328. The highest BCUT2D eigenvalue weighted by molar-refractivity contribution is 5.68. The van der Waals surface area contributed by atoms with Gasteiger partial charge in [-0.15, -0.1) is 0 Å². The van der Waals surface area contributed by atoms with Crippen molar-refractivity contribution in [3.63, 3.8) is 0 Å². The van der Waals surface area contributed by atoms with E-state index in [2.05, 4.69) is 12.2 Å². The fraction of sp³-hybridized carbons (Fsp3) is 0.938. The van der Waals surface area contributed by atoms with Gasteiger partial charge < -0.3 is 19.7 Å². The number of likely N-dealkylation sites (tertiary alicyclic amines) is 1. The van der Waals surface area contributed by atoms with E-state index in [9.17, 15) is 4.79 Å². The van der Waals surface area contributed by atoms with Crippen molar-refractivity contribution in [1.29, 1.82) is 0 Å². The van der Waals surface area contributed by atoms with Gasteiger partial charge in [0.2, 0.25) is 0 Å². The second kappa shape index (κ2) is 7.99. The Morgan fingerprint density at radius 1 is 1.38 bits per heavy atom. The van der Waals surface area contributed by atoms with Crippen molar-refractivity contribution in [2.75, 3.05) is 26.7 Å². The largest absolute Gasteiger partial charge is 0.444 e. The van der Waals surface area contributed by atoms with Crippen LogP contribution in [0.1, 0.15) is 47.5 Å². The molecular formula is C16H32N2O3. The standard InChI is InChI=1S/C16H32N2O3/c1-12(20-6)10-17-13(2)14-8-7-9-18(11-14)15(19)21-16(3,4)5/h12-14,17H,7-11H2,1-6H3. The minimum absolute atomic E-state index is 0.190. The van der Waals surface area contributed by atoms with E-state index in [4.69, 9.17) is 9.47 Å². The van der Waals surface area contributed by atoms with Gasteiger partial charge in [-0.25, -0.2) is 4.79 Å². The molecule has 1 amide bonds. The molecule has 5 nitrogen and oxygen atoms in total. The number of hydrogen-bond acceptors (Lipinski definition) is 4. The number of methoxy groups -OCH3 is 1. The Morgan fingerprint density at radius 2 is 2.05 bits per heavy atom. The van der Waals surface area contributed by atoms with E-state index >= 15 is 0 Å². The molecule has 1 saturated heterocycles. The third-order valence-corrected chi connectivity index (χ3v) is 3.95. The molecule has 0 spiro atoms. The molecule has 3 unspecified atom stereocenters. The van der Waals surface area contributed by atoms with E-state index in [1.54, 1.807) is 7.11 Å². The molecule has 5 heteroatoms. The summed E-state index contributed by atoms with van der Waals surface area (Å²) in [4.78, 5) is 14.0. The van der Waals surface area contributed by atoms with E-state index in [0.717, 1.165) is 32.5 Å². The summed E-state index contributed by atoms with van der Waals surface area (Å²) in [6, 6.07) is 0.368. The average Bonchev–Trinajstić information content (AvgIpc) is 2.42. The van der Waals surface area contributed by atoms with Crippen LogP contribution >= 0.6 is 0 Å². The van der Waals surface area contributed by atoms with E-state index in [0.29, 0.717) is 12.0 Å². The van der Waals surface area contributed by atoms with Crippen LogP contribution in [-0.4, -0.2) is 55.5 Å². The number of hydrogen-bond donors (Lipinski definition) is 1. The van der Waals surface area contributed by atoms with Crippen LogP contribution in [0.2, 0.25) is 0 Å². The molecule has 0 aromatic heterocycles. The summed E-state index contributed by atoms with van der Waals surface area (Å²) >= 11 is 0. The topological polar surface area (TPSA) is 50.8 Å². The minimum Gasteiger partial charge on any atom is -0.444 e. The maximum Gasteiger partial charge on any atom is 0.410 e. The van der Waals surface area contributed by atoms with Crippen molar-refractivity contribution in [2.24, 2.45) is 5.92 Å². The first-order valence-corrected chi connectivity index (χ1v) is 7.97. The molecule has 0 aliphatic carbocycles. The first-order valence-electron chi connectivity index (χ1n) is 7.97. The van der Waals surface area contributed by atoms with Gasteiger partial charge in [-0.05, 0) is 53.4 Å². The molecule has 124 valence electrons. The van der Waals surface area contributed by atoms with Crippen LogP contribution in [0.25, 0.3) is 0 Å². The van der Waals surface area contributed by atoms with E-state index < -0.39 is 5.60 Å². The van der Waals surface area contributed by atoms with Gasteiger partial charge in [-0.2, -0.15) is 0 Å². The van der Waals surface area contributed by atoms with Crippen molar-refractivity contribution >= 4 is 6.09 Å². The maximum absolute atomic E-state index is 12.2. The lowest BCUT2D eigenvalue weighted by molar-refractivity contribution is 0.0144. The van der Waals surface area contributed by atoms with Gasteiger partial charge in [-0.3, -0.25) is 0 Å². The molecule has 0 bridgehead atoms. The highest BCUT2D eigenvalue weighted by atomic mass is 16.6. The molecule has 1 heterocycles. The molecule has 21 heavy (non-hydrogen) atoms. The first-order chi connectivity index (χ1) is 9.73. The van der Waals surface area contributed by atoms with Crippen LogP contribution in [0, 0.1) is 5.92 Å². The van der Waals surface area contributed by atoms with Crippen molar-refractivity contribution in [2.45, 2.75) is 65.2 Å². The van der Waals surface area contributed by atoms with Crippen LogP contribution < -0.4 is 5.32 Å². The summed E-state index contributed by atoms with van der Waals surface area (Å²) in [6.07, 6.45) is 2.20. The predicted octanol–water partition coefficient (Wildman–Crippen LogP) is 2.65. The Hall–Kier alpha value is -0.810. The summed E-state index contributed by atoms with van der Waals surface area (Å²) in [5.74, 6) is 0.468. The second-order valence-electron chi connectivity index (χ2n) is 7.07. The van der Waals surface area contributed by atoms with Gasteiger partial charge >= 0.3 is 6.09 Å². The average molecular weight is 300 g/mol. The Balaban J connectivity index is 2.46. The monoisotopic (exact) mass is 300 g/mol. The minimum atomic E-state index is -0.429.